The number of likely N-dealkylation sites (tertiary alicyclic amines) is 1. The number of nitrogens with one attached hydrogen (secondary N) is 1. The van der Waals surface area contributed by atoms with Crippen molar-refractivity contribution >= 4 is 58.3 Å². The molecule has 1 fully saturated rings. The summed E-state index contributed by atoms with van der Waals surface area (Å²) in [6.07, 6.45) is 0.990. The maximum absolute atomic E-state index is 14.4. The van der Waals surface area contributed by atoms with Gasteiger partial charge in [-0.25, -0.2) is 0 Å². The number of nitrogens with zero attached hydrogens (tertiary/aromatic N) is 3. The highest BCUT2D eigenvalue weighted by molar-refractivity contribution is 7.52. The fourth-order valence-corrected chi connectivity index (χ4v) is 7.68. The van der Waals surface area contributed by atoms with Gasteiger partial charge in [0.05, 0.1) is 4.88 Å². The number of halogens is 2. The van der Waals surface area contributed by atoms with Gasteiger partial charge in [-0.2, -0.15) is 8.78 Å². The molecule has 2 heterocycles. The number of alkyl halides is 2. The van der Waals surface area contributed by atoms with E-state index in [9.17, 15) is 32.5 Å². The monoisotopic (exact) mass is 768 g/mol. The van der Waals surface area contributed by atoms with Crippen LogP contribution in [0.4, 0.5) is 14.5 Å². The summed E-state index contributed by atoms with van der Waals surface area (Å²) in [6.45, 7) is 5.69. The molecule has 4 aromatic rings. The Morgan fingerprint density at radius 3 is 2.21 bits per heavy atom. The molecule has 0 radical (unpaired) electrons. The molecule has 0 spiro atoms. The molecule has 282 valence electrons. The highest BCUT2D eigenvalue weighted by Crippen LogP contribution is 2.59. The van der Waals surface area contributed by atoms with Crippen molar-refractivity contribution < 1.29 is 42.3 Å². The fraction of sp³-hybridized carbons (Fsp3) is 0.368. The Labute approximate surface area is 310 Å². The Balaban J connectivity index is 1.39. The second kappa shape index (κ2) is 15.5. The summed E-state index contributed by atoms with van der Waals surface area (Å²) in [5.74, 6) is -1.62. The number of carbonyl (C=O) groups excluding carboxylic acids is 4. The minimum absolute atomic E-state index is 0.0636. The van der Waals surface area contributed by atoms with E-state index < -0.39 is 48.1 Å². The van der Waals surface area contributed by atoms with Crippen LogP contribution in [0.25, 0.3) is 21.2 Å². The van der Waals surface area contributed by atoms with Gasteiger partial charge in [-0.3, -0.25) is 23.7 Å². The zero-order valence-electron chi connectivity index (χ0n) is 30.1. The summed E-state index contributed by atoms with van der Waals surface area (Å²) in [7, 11) is -2.52. The summed E-state index contributed by atoms with van der Waals surface area (Å²) >= 11 is 0.977. The lowest BCUT2D eigenvalue weighted by atomic mass is 9.85. The number of amides is 4. The molecule has 3 aromatic carbocycles. The molecule has 15 heteroatoms. The van der Waals surface area contributed by atoms with Crippen LogP contribution in [-0.2, 0) is 24.6 Å². The van der Waals surface area contributed by atoms with Crippen molar-refractivity contribution in [3.63, 3.8) is 0 Å². The lowest BCUT2D eigenvalue weighted by Crippen LogP contribution is -2.58. The molecule has 53 heavy (non-hydrogen) atoms. The van der Waals surface area contributed by atoms with Crippen LogP contribution in [0, 0.1) is 5.41 Å². The fourth-order valence-electron chi connectivity index (χ4n) is 6.26. The van der Waals surface area contributed by atoms with Crippen LogP contribution in [-0.4, -0.2) is 82.5 Å². The van der Waals surface area contributed by atoms with E-state index in [0.29, 0.717) is 23.2 Å². The molecule has 2 unspecified atom stereocenters. The van der Waals surface area contributed by atoms with Crippen LogP contribution in [0.2, 0.25) is 0 Å². The van der Waals surface area contributed by atoms with E-state index in [1.165, 1.54) is 21.9 Å². The Morgan fingerprint density at radius 1 is 0.962 bits per heavy atom. The van der Waals surface area contributed by atoms with Gasteiger partial charge in [-0.1, -0.05) is 69.3 Å². The Kier molecular flexibility index (Phi) is 11.6. The first kappa shape index (κ1) is 39.7. The van der Waals surface area contributed by atoms with Gasteiger partial charge in [0.25, 0.3) is 5.91 Å². The van der Waals surface area contributed by atoms with Gasteiger partial charge in [-0.05, 0) is 65.1 Å². The predicted molar refractivity (Wildman–Crippen MR) is 201 cm³/mol. The Hall–Kier alpha value is -4.49. The molecule has 1 aromatic heterocycles. The van der Waals surface area contributed by atoms with Gasteiger partial charge in [0.15, 0.2) is 0 Å². The standard InChI is InChI=1S/C38H43F2N4O7PS/c1-37(2,3)33(41-34(46)31-23-26-22-27(15-18-30(26)53-31)38(39,40)52(49,50)51)36(48)44-20-9-12-29(44)35(47)43(21-19-32(45)42(4)5)28-16-13-25(14-17-28)24-10-7-6-8-11-24/h6-8,10-11,13-18,22-23,29,33H,9,12,19-21H2,1-5H3,(H,41,46)(H2,49,50,51). The predicted octanol–water partition coefficient (Wildman–Crippen LogP) is 6.44. The SMILES string of the molecule is CN(C)C(=O)CCN(C(=O)C1CCCN1C(=O)C(NC(=O)c1cc2cc(C(F)(F)P(=O)(O)O)ccc2s1)C(C)(C)C)c1ccc(-c2ccccc2)cc1. The van der Waals surface area contributed by atoms with Gasteiger partial charge in [0.2, 0.25) is 17.7 Å². The summed E-state index contributed by atoms with van der Waals surface area (Å²) in [4.78, 5) is 77.9. The van der Waals surface area contributed by atoms with Gasteiger partial charge in [0.1, 0.15) is 12.1 Å². The lowest BCUT2D eigenvalue weighted by molar-refractivity contribution is -0.141. The van der Waals surface area contributed by atoms with Crippen molar-refractivity contribution in [1.82, 2.24) is 15.1 Å². The molecular formula is C38H43F2N4O7PS. The summed E-state index contributed by atoms with van der Waals surface area (Å²) in [6, 6.07) is 19.7. The van der Waals surface area contributed by atoms with E-state index in [0.717, 1.165) is 34.6 Å². The van der Waals surface area contributed by atoms with E-state index in [1.54, 1.807) is 39.8 Å². The van der Waals surface area contributed by atoms with Crippen molar-refractivity contribution in [3.8, 4) is 11.1 Å². The van der Waals surface area contributed by atoms with E-state index in [2.05, 4.69) is 5.32 Å². The number of fused-ring (bicyclic) bond motifs is 1. The number of hydrogen-bond acceptors (Lipinski definition) is 6. The maximum Gasteiger partial charge on any atom is 0.399 e. The molecular weight excluding hydrogens is 725 g/mol. The second-order valence-corrected chi connectivity index (χ2v) is 17.1. The normalized spacial score (nSPS) is 15.6. The van der Waals surface area contributed by atoms with Crippen LogP contribution in [0.1, 0.15) is 55.3 Å². The maximum atomic E-state index is 14.4. The van der Waals surface area contributed by atoms with Crippen molar-refractivity contribution in [2.24, 2.45) is 5.41 Å². The molecule has 0 bridgehead atoms. The average molecular weight is 769 g/mol. The van der Waals surface area contributed by atoms with Crippen LogP contribution in [0.3, 0.4) is 0 Å². The highest BCUT2D eigenvalue weighted by Gasteiger charge is 2.50. The lowest BCUT2D eigenvalue weighted by Gasteiger charge is -2.36. The number of hydrogen-bond donors (Lipinski definition) is 3. The van der Waals surface area contributed by atoms with Crippen molar-refractivity contribution in [2.45, 2.75) is 57.8 Å². The Morgan fingerprint density at radius 2 is 1.60 bits per heavy atom. The van der Waals surface area contributed by atoms with Crippen molar-refractivity contribution in [3.05, 3.63) is 89.3 Å². The molecule has 1 saturated heterocycles. The first-order valence-corrected chi connectivity index (χ1v) is 19.5. The molecule has 0 aliphatic carbocycles. The van der Waals surface area contributed by atoms with Gasteiger partial charge in [-0.15, -0.1) is 11.3 Å². The third kappa shape index (κ3) is 8.67. The Bertz CT molecular complexity index is 2040. The van der Waals surface area contributed by atoms with Gasteiger partial charge < -0.3 is 29.8 Å². The number of carbonyl (C=O) groups is 4. The van der Waals surface area contributed by atoms with Crippen molar-refractivity contribution in [1.29, 1.82) is 0 Å². The number of anilines is 1. The third-order valence-corrected chi connectivity index (χ3v) is 11.4. The molecule has 11 nitrogen and oxygen atoms in total. The molecule has 1 aliphatic rings. The molecule has 1 aliphatic heterocycles. The molecule has 2 atom stereocenters. The summed E-state index contributed by atoms with van der Waals surface area (Å²) in [5.41, 5.74) is -3.59. The van der Waals surface area contributed by atoms with E-state index >= 15 is 0 Å². The first-order valence-electron chi connectivity index (χ1n) is 17.1. The largest absolute Gasteiger partial charge is 0.399 e. The highest BCUT2D eigenvalue weighted by atomic mass is 32.1. The van der Waals surface area contributed by atoms with E-state index in [4.69, 9.17) is 9.79 Å². The van der Waals surface area contributed by atoms with Crippen LogP contribution < -0.4 is 10.2 Å². The molecule has 4 amide bonds. The molecule has 0 saturated carbocycles. The number of benzene rings is 3. The minimum Gasteiger partial charge on any atom is -0.349 e. The zero-order chi connectivity index (χ0) is 38.9. The van der Waals surface area contributed by atoms with Crippen LogP contribution >= 0.6 is 18.9 Å². The third-order valence-electron chi connectivity index (χ3n) is 9.26. The van der Waals surface area contributed by atoms with Gasteiger partial charge in [0, 0.05) is 49.6 Å². The topological polar surface area (TPSA) is 148 Å². The van der Waals surface area contributed by atoms with E-state index in [-0.39, 0.29) is 41.6 Å². The quantitative estimate of drug-likeness (QED) is 0.149. The summed E-state index contributed by atoms with van der Waals surface area (Å²) in [5, 5.41) is 2.99. The first-order chi connectivity index (χ1) is 24.8. The second-order valence-electron chi connectivity index (χ2n) is 14.4. The van der Waals surface area contributed by atoms with Crippen LogP contribution in [0.15, 0.2) is 78.9 Å². The van der Waals surface area contributed by atoms with Crippen molar-refractivity contribution in [2.75, 3.05) is 32.1 Å². The number of rotatable bonds is 11. The number of thiophene rings is 1. The average Bonchev–Trinajstić information content (AvgIpc) is 3.77. The minimum atomic E-state index is -5.80. The summed E-state index contributed by atoms with van der Waals surface area (Å²) < 4.78 is 40.6. The smallest absolute Gasteiger partial charge is 0.349 e. The van der Waals surface area contributed by atoms with Crippen LogP contribution in [0.5, 0.6) is 0 Å². The van der Waals surface area contributed by atoms with Gasteiger partial charge >= 0.3 is 13.3 Å². The van der Waals surface area contributed by atoms with E-state index in [1.807, 2.05) is 54.6 Å². The molecule has 3 N–H and O–H groups in total. The molecule has 5 rings (SSSR count). The zero-order valence-corrected chi connectivity index (χ0v) is 31.8.